The predicted molar refractivity (Wildman–Crippen MR) is 93.3 cm³/mol. The van der Waals surface area contributed by atoms with Crippen molar-refractivity contribution in [2.24, 2.45) is 0 Å². The fourth-order valence-electron chi connectivity index (χ4n) is 2.67. The molecule has 7 heteroatoms. The van der Waals surface area contributed by atoms with Crippen LogP contribution in [0.3, 0.4) is 0 Å². The smallest absolute Gasteiger partial charge is 0.270 e. The average molecular weight is 342 g/mol. The summed E-state index contributed by atoms with van der Waals surface area (Å²) in [5.41, 5.74) is 1.97. The molecule has 0 radical (unpaired) electrons. The fraction of sp³-hybridized carbons (Fsp3) is 0.389. The Labute approximate surface area is 146 Å². The van der Waals surface area contributed by atoms with Crippen molar-refractivity contribution in [1.29, 1.82) is 0 Å². The number of nitrogens with zero attached hydrogens (tertiary/aromatic N) is 2. The molecular formula is C18H22N4O3. The van der Waals surface area contributed by atoms with Gasteiger partial charge in [0.05, 0.1) is 31.5 Å². The predicted octanol–water partition coefficient (Wildman–Crippen LogP) is 1.62. The molecule has 0 aromatic carbocycles. The van der Waals surface area contributed by atoms with E-state index in [0.717, 1.165) is 11.4 Å². The Morgan fingerprint density at radius 3 is 3.00 bits per heavy atom. The van der Waals surface area contributed by atoms with Crippen LogP contribution in [-0.2, 0) is 16.0 Å². The van der Waals surface area contributed by atoms with Crippen molar-refractivity contribution in [2.45, 2.75) is 25.6 Å². The van der Waals surface area contributed by atoms with E-state index >= 15 is 0 Å². The molecular weight excluding hydrogens is 320 g/mol. The number of hydrogen-bond donors (Lipinski definition) is 2. The third kappa shape index (κ3) is 4.74. The SMILES string of the molecule is CCO[C@H]1COC[C@@H]1Nc1ccnc(C(=O)NCc2ccccn2)c1. The van der Waals surface area contributed by atoms with Gasteiger partial charge in [-0.1, -0.05) is 6.07 Å². The van der Waals surface area contributed by atoms with Crippen LogP contribution in [0.15, 0.2) is 42.7 Å². The Kier molecular flexibility index (Phi) is 5.92. The second kappa shape index (κ2) is 8.55. The summed E-state index contributed by atoms with van der Waals surface area (Å²) in [6.45, 7) is 4.12. The highest BCUT2D eigenvalue weighted by molar-refractivity contribution is 5.93. The Morgan fingerprint density at radius 1 is 1.28 bits per heavy atom. The molecule has 3 heterocycles. The molecule has 132 valence electrons. The summed E-state index contributed by atoms with van der Waals surface area (Å²) in [6, 6.07) is 9.21. The van der Waals surface area contributed by atoms with E-state index in [4.69, 9.17) is 9.47 Å². The zero-order valence-electron chi connectivity index (χ0n) is 14.1. The van der Waals surface area contributed by atoms with Crippen molar-refractivity contribution < 1.29 is 14.3 Å². The van der Waals surface area contributed by atoms with Gasteiger partial charge in [0, 0.05) is 24.7 Å². The zero-order chi connectivity index (χ0) is 17.5. The van der Waals surface area contributed by atoms with Gasteiger partial charge in [-0.3, -0.25) is 14.8 Å². The Morgan fingerprint density at radius 2 is 2.20 bits per heavy atom. The number of carbonyl (C=O) groups excluding carboxylic acids is 1. The summed E-state index contributed by atoms with van der Waals surface area (Å²) in [4.78, 5) is 20.6. The van der Waals surface area contributed by atoms with Crippen molar-refractivity contribution >= 4 is 11.6 Å². The lowest BCUT2D eigenvalue weighted by atomic mass is 10.2. The number of aromatic nitrogens is 2. The fourth-order valence-corrected chi connectivity index (χ4v) is 2.67. The molecule has 7 nitrogen and oxygen atoms in total. The maximum atomic E-state index is 12.3. The molecule has 3 rings (SSSR count). The van der Waals surface area contributed by atoms with Crippen LogP contribution in [0.1, 0.15) is 23.1 Å². The van der Waals surface area contributed by atoms with Crippen molar-refractivity contribution in [1.82, 2.24) is 15.3 Å². The van der Waals surface area contributed by atoms with E-state index < -0.39 is 0 Å². The molecule has 1 amide bonds. The third-order valence-corrected chi connectivity index (χ3v) is 3.91. The number of hydrogen-bond acceptors (Lipinski definition) is 6. The van der Waals surface area contributed by atoms with E-state index in [1.54, 1.807) is 18.5 Å². The number of nitrogens with one attached hydrogen (secondary N) is 2. The lowest BCUT2D eigenvalue weighted by Crippen LogP contribution is -2.34. The van der Waals surface area contributed by atoms with Crippen LogP contribution in [0.5, 0.6) is 0 Å². The molecule has 2 aromatic heterocycles. The maximum Gasteiger partial charge on any atom is 0.270 e. The van der Waals surface area contributed by atoms with Gasteiger partial charge in [-0.05, 0) is 31.2 Å². The van der Waals surface area contributed by atoms with E-state index in [1.165, 1.54) is 0 Å². The van der Waals surface area contributed by atoms with Crippen LogP contribution in [-0.4, -0.2) is 47.8 Å². The van der Waals surface area contributed by atoms with E-state index in [2.05, 4.69) is 20.6 Å². The van der Waals surface area contributed by atoms with Crippen LogP contribution in [0.25, 0.3) is 0 Å². The van der Waals surface area contributed by atoms with Gasteiger partial charge in [-0.25, -0.2) is 0 Å². The van der Waals surface area contributed by atoms with Crippen LogP contribution in [0, 0.1) is 0 Å². The van der Waals surface area contributed by atoms with Gasteiger partial charge in [0.25, 0.3) is 5.91 Å². The highest BCUT2D eigenvalue weighted by atomic mass is 16.5. The van der Waals surface area contributed by atoms with Gasteiger partial charge in [-0.15, -0.1) is 0 Å². The first-order valence-electron chi connectivity index (χ1n) is 8.36. The van der Waals surface area contributed by atoms with Gasteiger partial charge < -0.3 is 20.1 Å². The molecule has 0 saturated carbocycles. The molecule has 2 N–H and O–H groups in total. The Bertz CT molecular complexity index is 696. The minimum absolute atomic E-state index is 0.0135. The standard InChI is InChI=1S/C18H22N4O3/c1-2-25-17-12-24-11-16(17)22-13-6-8-20-15(9-13)18(23)21-10-14-5-3-4-7-19-14/h3-9,16-17H,2,10-12H2,1H3,(H,20,22)(H,21,23)/t16-,17-/m0/s1. The van der Waals surface area contributed by atoms with Crippen molar-refractivity contribution in [2.75, 3.05) is 25.1 Å². The lowest BCUT2D eigenvalue weighted by molar-refractivity contribution is 0.0478. The number of carbonyl (C=O) groups is 1. The minimum atomic E-state index is -0.238. The monoisotopic (exact) mass is 342 g/mol. The minimum Gasteiger partial charge on any atom is -0.377 e. The summed E-state index contributed by atoms with van der Waals surface area (Å²) in [5, 5.41) is 6.19. The van der Waals surface area contributed by atoms with Crippen molar-refractivity contribution in [3.63, 3.8) is 0 Å². The van der Waals surface area contributed by atoms with E-state index in [0.29, 0.717) is 32.1 Å². The lowest BCUT2D eigenvalue weighted by Gasteiger charge is -2.20. The molecule has 0 aliphatic carbocycles. The van der Waals surface area contributed by atoms with Gasteiger partial charge in [0.15, 0.2) is 0 Å². The zero-order valence-corrected chi connectivity index (χ0v) is 14.1. The maximum absolute atomic E-state index is 12.3. The third-order valence-electron chi connectivity index (χ3n) is 3.91. The highest BCUT2D eigenvalue weighted by Gasteiger charge is 2.28. The van der Waals surface area contributed by atoms with Gasteiger partial charge in [0.1, 0.15) is 11.8 Å². The molecule has 1 saturated heterocycles. The number of pyridine rings is 2. The number of amides is 1. The summed E-state index contributed by atoms with van der Waals surface area (Å²) in [5.74, 6) is -0.238. The summed E-state index contributed by atoms with van der Waals surface area (Å²) in [7, 11) is 0. The summed E-state index contributed by atoms with van der Waals surface area (Å²) in [6.07, 6.45) is 3.33. The molecule has 0 bridgehead atoms. The number of rotatable bonds is 7. The molecule has 2 atom stereocenters. The molecule has 0 spiro atoms. The molecule has 1 aliphatic rings. The van der Waals surface area contributed by atoms with Crippen LogP contribution in [0.2, 0.25) is 0 Å². The topological polar surface area (TPSA) is 85.4 Å². The highest BCUT2D eigenvalue weighted by Crippen LogP contribution is 2.17. The van der Waals surface area contributed by atoms with E-state index in [-0.39, 0.29) is 18.1 Å². The van der Waals surface area contributed by atoms with E-state index in [9.17, 15) is 4.79 Å². The molecule has 25 heavy (non-hydrogen) atoms. The van der Waals surface area contributed by atoms with Crippen molar-refractivity contribution in [3.8, 4) is 0 Å². The van der Waals surface area contributed by atoms with Crippen LogP contribution >= 0.6 is 0 Å². The molecule has 1 aliphatic heterocycles. The second-order valence-electron chi connectivity index (χ2n) is 5.72. The van der Waals surface area contributed by atoms with Crippen molar-refractivity contribution in [3.05, 3.63) is 54.1 Å². The number of ether oxygens (including phenoxy) is 2. The van der Waals surface area contributed by atoms with Gasteiger partial charge >= 0.3 is 0 Å². The molecule has 2 aromatic rings. The number of anilines is 1. The van der Waals surface area contributed by atoms with Crippen LogP contribution in [0.4, 0.5) is 5.69 Å². The molecule has 0 unspecified atom stereocenters. The van der Waals surface area contributed by atoms with Gasteiger partial charge in [0.2, 0.25) is 0 Å². The first-order valence-corrected chi connectivity index (χ1v) is 8.36. The largest absolute Gasteiger partial charge is 0.377 e. The first-order chi connectivity index (χ1) is 12.3. The van der Waals surface area contributed by atoms with Crippen LogP contribution < -0.4 is 10.6 Å². The second-order valence-corrected chi connectivity index (χ2v) is 5.72. The average Bonchev–Trinajstić information content (AvgIpc) is 3.08. The normalized spacial score (nSPS) is 19.6. The van der Waals surface area contributed by atoms with Gasteiger partial charge in [-0.2, -0.15) is 0 Å². The Balaban J connectivity index is 1.60. The summed E-state index contributed by atoms with van der Waals surface area (Å²) < 4.78 is 11.1. The summed E-state index contributed by atoms with van der Waals surface area (Å²) >= 11 is 0. The quantitative estimate of drug-likeness (QED) is 0.795. The van der Waals surface area contributed by atoms with E-state index in [1.807, 2.05) is 31.2 Å². The Hall–Kier alpha value is -2.51. The molecule has 1 fully saturated rings. The first kappa shape index (κ1) is 17.3.